The molecule has 6 heteroatoms. The number of hydrogen-bond donors (Lipinski definition) is 1. The lowest BCUT2D eigenvalue weighted by molar-refractivity contribution is -0.137. The van der Waals surface area contributed by atoms with Gasteiger partial charge in [0.2, 0.25) is 11.8 Å². The van der Waals surface area contributed by atoms with Crippen LogP contribution in [0.15, 0.2) is 54.6 Å². The molecule has 1 aliphatic rings. The molecule has 2 aromatic rings. The molecule has 136 valence electrons. The van der Waals surface area contributed by atoms with Gasteiger partial charge in [-0.25, -0.2) is 0 Å². The second-order valence-electron chi connectivity index (χ2n) is 6.11. The van der Waals surface area contributed by atoms with Gasteiger partial charge >= 0.3 is 0 Å². The molecule has 1 saturated heterocycles. The van der Waals surface area contributed by atoms with Crippen LogP contribution in [-0.4, -0.2) is 41.5 Å². The number of carbonyl (C=O) groups is 2. The van der Waals surface area contributed by atoms with Gasteiger partial charge in [0.1, 0.15) is 11.8 Å². The molecule has 0 aromatic heterocycles. The Morgan fingerprint density at radius 3 is 2.69 bits per heavy atom. The van der Waals surface area contributed by atoms with E-state index in [2.05, 4.69) is 5.32 Å². The quantitative estimate of drug-likeness (QED) is 0.849. The molecule has 0 bridgehead atoms. The lowest BCUT2D eigenvalue weighted by Gasteiger charge is -2.23. The number of nitrogens with one attached hydrogen (secondary N) is 1. The van der Waals surface area contributed by atoms with Crippen LogP contribution < -0.4 is 10.1 Å². The smallest absolute Gasteiger partial charge is 0.243 e. The zero-order chi connectivity index (χ0) is 18.4. The van der Waals surface area contributed by atoms with Crippen LogP contribution in [0, 0.1) is 0 Å². The Morgan fingerprint density at radius 2 is 1.92 bits per heavy atom. The molecule has 2 aromatic carbocycles. The van der Waals surface area contributed by atoms with Crippen LogP contribution in [-0.2, 0) is 22.6 Å². The Labute approximate surface area is 157 Å². The summed E-state index contributed by atoms with van der Waals surface area (Å²) in [6.07, 6.45) is 0.264. The van der Waals surface area contributed by atoms with Gasteiger partial charge in [0.05, 0.1) is 19.4 Å². The molecule has 1 heterocycles. The van der Waals surface area contributed by atoms with E-state index in [9.17, 15) is 9.59 Å². The Morgan fingerprint density at radius 1 is 1.15 bits per heavy atom. The van der Waals surface area contributed by atoms with E-state index in [0.29, 0.717) is 18.2 Å². The number of nitrogens with zero attached hydrogens (tertiary/aromatic N) is 1. The lowest BCUT2D eigenvalue weighted by Crippen LogP contribution is -2.47. The standard InChI is InChI=1S/C20H22N2O3S/c1-25-17-9-5-8-16(10-17)11-19(23)22-14-26-13-18(22)20(24)21-12-15-6-3-2-4-7-15/h2-10,18H,11-14H2,1H3,(H,21,24). The molecule has 1 fully saturated rings. The van der Waals surface area contributed by atoms with Crippen LogP contribution in [0.5, 0.6) is 5.75 Å². The molecular formula is C20H22N2O3S. The van der Waals surface area contributed by atoms with Crippen molar-refractivity contribution in [3.05, 3.63) is 65.7 Å². The van der Waals surface area contributed by atoms with Crippen LogP contribution in [0.1, 0.15) is 11.1 Å². The first-order valence-corrected chi connectivity index (χ1v) is 9.64. The summed E-state index contributed by atoms with van der Waals surface area (Å²) in [6, 6.07) is 16.8. The van der Waals surface area contributed by atoms with Gasteiger partial charge in [-0.05, 0) is 23.3 Å². The summed E-state index contributed by atoms with van der Waals surface area (Å²) in [5.41, 5.74) is 1.93. The predicted molar refractivity (Wildman–Crippen MR) is 103 cm³/mol. The molecule has 1 N–H and O–H groups in total. The summed E-state index contributed by atoms with van der Waals surface area (Å²) < 4.78 is 5.20. The third-order valence-corrected chi connectivity index (χ3v) is 5.32. The molecule has 1 atom stereocenters. The fourth-order valence-corrected chi connectivity index (χ4v) is 4.05. The van der Waals surface area contributed by atoms with Crippen molar-refractivity contribution in [2.75, 3.05) is 18.7 Å². The highest BCUT2D eigenvalue weighted by Crippen LogP contribution is 2.23. The molecular weight excluding hydrogens is 348 g/mol. The molecule has 26 heavy (non-hydrogen) atoms. The highest BCUT2D eigenvalue weighted by Gasteiger charge is 2.34. The first kappa shape index (κ1) is 18.3. The molecule has 1 unspecified atom stereocenters. The Hall–Kier alpha value is -2.47. The minimum atomic E-state index is -0.415. The van der Waals surface area contributed by atoms with Crippen molar-refractivity contribution in [1.29, 1.82) is 0 Å². The predicted octanol–water partition coefficient (Wildman–Crippen LogP) is 2.46. The van der Waals surface area contributed by atoms with Gasteiger partial charge in [-0.1, -0.05) is 42.5 Å². The van der Waals surface area contributed by atoms with Crippen molar-refractivity contribution < 1.29 is 14.3 Å². The Bertz CT molecular complexity index is 767. The molecule has 0 radical (unpaired) electrons. The van der Waals surface area contributed by atoms with Gasteiger partial charge in [-0.3, -0.25) is 9.59 Å². The molecule has 1 aliphatic heterocycles. The normalized spacial score (nSPS) is 16.3. The fraction of sp³-hybridized carbons (Fsp3) is 0.300. The van der Waals surface area contributed by atoms with Crippen molar-refractivity contribution >= 4 is 23.6 Å². The first-order chi connectivity index (χ1) is 12.7. The number of rotatable bonds is 6. The van der Waals surface area contributed by atoms with E-state index in [1.54, 1.807) is 23.8 Å². The van der Waals surface area contributed by atoms with E-state index in [1.807, 2.05) is 54.6 Å². The number of amides is 2. The van der Waals surface area contributed by atoms with Gasteiger partial charge in [0, 0.05) is 12.3 Å². The number of thioether (sulfide) groups is 1. The highest BCUT2D eigenvalue weighted by atomic mass is 32.2. The maximum Gasteiger partial charge on any atom is 0.243 e. The van der Waals surface area contributed by atoms with Crippen molar-refractivity contribution in [2.24, 2.45) is 0 Å². The second kappa shape index (κ2) is 8.76. The van der Waals surface area contributed by atoms with Crippen molar-refractivity contribution in [3.63, 3.8) is 0 Å². The second-order valence-corrected chi connectivity index (χ2v) is 7.11. The minimum absolute atomic E-state index is 0.0388. The Balaban J connectivity index is 1.59. The van der Waals surface area contributed by atoms with Gasteiger partial charge in [-0.15, -0.1) is 11.8 Å². The largest absolute Gasteiger partial charge is 0.497 e. The summed E-state index contributed by atoms with van der Waals surface area (Å²) in [5, 5.41) is 2.94. The van der Waals surface area contributed by atoms with Crippen LogP contribution in [0.3, 0.4) is 0 Å². The highest BCUT2D eigenvalue weighted by molar-refractivity contribution is 7.99. The van der Waals surface area contributed by atoms with Crippen LogP contribution in [0.25, 0.3) is 0 Å². The van der Waals surface area contributed by atoms with Gasteiger partial charge in [-0.2, -0.15) is 0 Å². The number of hydrogen-bond acceptors (Lipinski definition) is 4. The molecule has 3 rings (SSSR count). The average molecular weight is 370 g/mol. The van der Waals surface area contributed by atoms with Gasteiger partial charge in [0.25, 0.3) is 0 Å². The summed E-state index contributed by atoms with van der Waals surface area (Å²) in [7, 11) is 1.60. The van der Waals surface area contributed by atoms with Gasteiger partial charge < -0.3 is 15.0 Å². The molecule has 0 spiro atoms. The molecule has 2 amide bonds. The van der Waals surface area contributed by atoms with E-state index < -0.39 is 6.04 Å². The Kier molecular flexibility index (Phi) is 6.17. The summed E-state index contributed by atoms with van der Waals surface area (Å²) in [5.74, 6) is 1.76. The van der Waals surface area contributed by atoms with Crippen molar-refractivity contribution in [3.8, 4) is 5.75 Å². The lowest BCUT2D eigenvalue weighted by atomic mass is 10.1. The van der Waals surface area contributed by atoms with Crippen LogP contribution in [0.4, 0.5) is 0 Å². The topological polar surface area (TPSA) is 58.6 Å². The van der Waals surface area contributed by atoms with E-state index in [1.165, 1.54) is 0 Å². The van der Waals surface area contributed by atoms with Gasteiger partial charge in [0.15, 0.2) is 0 Å². The molecule has 0 aliphatic carbocycles. The number of carbonyl (C=O) groups excluding carboxylic acids is 2. The fourth-order valence-electron chi connectivity index (χ4n) is 2.87. The zero-order valence-electron chi connectivity index (χ0n) is 14.7. The zero-order valence-corrected chi connectivity index (χ0v) is 15.5. The molecule has 5 nitrogen and oxygen atoms in total. The number of ether oxygens (including phenoxy) is 1. The van der Waals surface area contributed by atoms with E-state index in [0.717, 1.165) is 16.9 Å². The number of benzene rings is 2. The summed E-state index contributed by atoms with van der Waals surface area (Å²) in [4.78, 5) is 26.9. The maximum atomic E-state index is 12.7. The minimum Gasteiger partial charge on any atom is -0.497 e. The maximum absolute atomic E-state index is 12.7. The third-order valence-electron chi connectivity index (χ3n) is 4.30. The first-order valence-electron chi connectivity index (χ1n) is 8.49. The van der Waals surface area contributed by atoms with Crippen molar-refractivity contribution in [2.45, 2.75) is 19.0 Å². The monoisotopic (exact) mass is 370 g/mol. The summed E-state index contributed by atoms with van der Waals surface area (Å²) >= 11 is 1.61. The average Bonchev–Trinajstić information content (AvgIpc) is 3.17. The van der Waals surface area contributed by atoms with E-state index in [-0.39, 0.29) is 18.2 Å². The molecule has 0 saturated carbocycles. The SMILES string of the molecule is COc1cccc(CC(=O)N2CSCC2C(=O)NCc2ccccc2)c1. The van der Waals surface area contributed by atoms with Crippen LogP contribution in [0.2, 0.25) is 0 Å². The van der Waals surface area contributed by atoms with E-state index >= 15 is 0 Å². The van der Waals surface area contributed by atoms with Crippen LogP contribution >= 0.6 is 11.8 Å². The third kappa shape index (κ3) is 4.58. The van der Waals surface area contributed by atoms with Crippen molar-refractivity contribution in [1.82, 2.24) is 10.2 Å². The summed E-state index contributed by atoms with van der Waals surface area (Å²) in [6.45, 7) is 0.471. The van der Waals surface area contributed by atoms with E-state index in [4.69, 9.17) is 4.74 Å². The number of methoxy groups -OCH3 is 1.